The van der Waals surface area contributed by atoms with Gasteiger partial charge in [0.05, 0.1) is 11.9 Å². The Hall–Kier alpha value is -2.35. The van der Waals surface area contributed by atoms with Gasteiger partial charge in [0.2, 0.25) is 16.0 Å². The molecule has 0 fully saturated rings. The smallest absolute Gasteiger partial charge is 0.232 e. The summed E-state index contributed by atoms with van der Waals surface area (Å²) >= 11 is 0. The maximum absolute atomic E-state index is 12.0. The van der Waals surface area contributed by atoms with Gasteiger partial charge in [0, 0.05) is 23.9 Å². The molecule has 7 nitrogen and oxygen atoms in total. The highest BCUT2D eigenvalue weighted by atomic mass is 32.2. The molecule has 1 aliphatic rings. The van der Waals surface area contributed by atoms with E-state index in [1.165, 1.54) is 16.8 Å². The molecule has 1 aliphatic heterocycles. The van der Waals surface area contributed by atoms with Gasteiger partial charge in [-0.3, -0.25) is 4.31 Å². The van der Waals surface area contributed by atoms with Gasteiger partial charge in [0.15, 0.2) is 0 Å². The van der Waals surface area contributed by atoms with Crippen LogP contribution < -0.4 is 15.8 Å². The quantitative estimate of drug-likeness (QED) is 0.841. The first-order valence-corrected chi connectivity index (χ1v) is 8.20. The van der Waals surface area contributed by atoms with Crippen molar-refractivity contribution in [1.29, 1.82) is 0 Å². The molecule has 0 amide bonds. The van der Waals surface area contributed by atoms with Crippen molar-refractivity contribution in [2.24, 2.45) is 0 Å². The van der Waals surface area contributed by atoms with Gasteiger partial charge in [-0.25, -0.2) is 13.4 Å². The van der Waals surface area contributed by atoms with Crippen LogP contribution in [0.2, 0.25) is 0 Å². The number of nitrogen functional groups attached to an aromatic ring is 2. The molecule has 0 atom stereocenters. The molecule has 4 N–H and O–H groups in total. The third-order valence-corrected chi connectivity index (χ3v) is 4.65. The number of nitrogens with zero attached hydrogens (tertiary/aromatic N) is 3. The maximum atomic E-state index is 12.0. The van der Waals surface area contributed by atoms with Crippen LogP contribution in [0.1, 0.15) is 5.56 Å². The number of rotatable bonds is 2. The van der Waals surface area contributed by atoms with E-state index in [0.29, 0.717) is 29.8 Å². The second kappa shape index (κ2) is 4.59. The second-order valence-electron chi connectivity index (χ2n) is 4.93. The van der Waals surface area contributed by atoms with Gasteiger partial charge in [-0.1, -0.05) is 18.2 Å². The molecule has 110 valence electrons. The van der Waals surface area contributed by atoms with Crippen molar-refractivity contribution in [2.45, 2.75) is 6.42 Å². The number of anilines is 3. The van der Waals surface area contributed by atoms with Gasteiger partial charge in [-0.15, -0.1) is 0 Å². The third-order valence-electron chi connectivity index (χ3n) is 3.48. The van der Waals surface area contributed by atoms with E-state index in [1.54, 1.807) is 0 Å². The zero-order valence-corrected chi connectivity index (χ0v) is 12.3. The Morgan fingerprint density at radius 3 is 2.67 bits per heavy atom. The number of sulfonamides is 1. The van der Waals surface area contributed by atoms with E-state index < -0.39 is 10.0 Å². The van der Waals surface area contributed by atoms with Crippen molar-refractivity contribution in [3.8, 4) is 11.1 Å². The van der Waals surface area contributed by atoms with Crippen LogP contribution in [0, 0.1) is 0 Å². The summed E-state index contributed by atoms with van der Waals surface area (Å²) in [5.74, 6) is 0.319. The molecule has 2 heterocycles. The van der Waals surface area contributed by atoms with Crippen molar-refractivity contribution in [1.82, 2.24) is 9.97 Å². The summed E-state index contributed by atoms with van der Waals surface area (Å²) in [6, 6.07) is 5.60. The van der Waals surface area contributed by atoms with Crippen molar-refractivity contribution in [3.63, 3.8) is 0 Å². The largest absolute Gasteiger partial charge is 0.383 e. The molecule has 0 bridgehead atoms. The maximum Gasteiger partial charge on any atom is 0.232 e. The van der Waals surface area contributed by atoms with Crippen LogP contribution >= 0.6 is 0 Å². The fourth-order valence-corrected chi connectivity index (χ4v) is 3.56. The SMILES string of the molecule is CS(=O)(=O)N1CCc2cccc(-c3cnc(N)nc3N)c21. The van der Waals surface area contributed by atoms with Gasteiger partial charge >= 0.3 is 0 Å². The van der Waals surface area contributed by atoms with Crippen LogP contribution in [0.5, 0.6) is 0 Å². The summed E-state index contributed by atoms with van der Waals surface area (Å²) in [5, 5.41) is 0. The summed E-state index contributed by atoms with van der Waals surface area (Å²) in [4.78, 5) is 7.89. The summed E-state index contributed by atoms with van der Waals surface area (Å²) < 4.78 is 25.3. The number of hydrogen-bond donors (Lipinski definition) is 2. The summed E-state index contributed by atoms with van der Waals surface area (Å²) in [6.07, 6.45) is 3.39. The number of fused-ring (bicyclic) bond motifs is 1. The molecule has 0 unspecified atom stereocenters. The number of nitrogens with two attached hydrogens (primary N) is 2. The van der Waals surface area contributed by atoms with Gasteiger partial charge in [0.1, 0.15) is 5.82 Å². The lowest BCUT2D eigenvalue weighted by molar-refractivity contribution is 0.598. The summed E-state index contributed by atoms with van der Waals surface area (Å²) in [5.41, 5.74) is 14.3. The average molecular weight is 305 g/mol. The van der Waals surface area contributed by atoms with E-state index >= 15 is 0 Å². The molecule has 0 saturated carbocycles. The van der Waals surface area contributed by atoms with Gasteiger partial charge in [-0.05, 0) is 12.0 Å². The van der Waals surface area contributed by atoms with Crippen LogP contribution in [0.3, 0.4) is 0 Å². The lowest BCUT2D eigenvalue weighted by atomic mass is 10.0. The minimum atomic E-state index is -3.34. The monoisotopic (exact) mass is 305 g/mol. The van der Waals surface area contributed by atoms with E-state index in [-0.39, 0.29) is 11.8 Å². The number of para-hydroxylation sites is 1. The number of hydrogen-bond acceptors (Lipinski definition) is 6. The van der Waals surface area contributed by atoms with Crippen LogP contribution in [-0.4, -0.2) is 31.2 Å². The number of benzene rings is 1. The highest BCUT2D eigenvalue weighted by Gasteiger charge is 2.29. The molecule has 21 heavy (non-hydrogen) atoms. The van der Waals surface area contributed by atoms with Crippen LogP contribution in [0.4, 0.5) is 17.5 Å². The molecule has 0 saturated heterocycles. The molecule has 2 aromatic rings. The van der Waals surface area contributed by atoms with E-state index in [9.17, 15) is 8.42 Å². The van der Waals surface area contributed by atoms with Crippen molar-refractivity contribution >= 4 is 27.5 Å². The van der Waals surface area contributed by atoms with E-state index in [1.807, 2.05) is 18.2 Å². The zero-order valence-electron chi connectivity index (χ0n) is 11.4. The Morgan fingerprint density at radius 1 is 1.24 bits per heavy atom. The zero-order chi connectivity index (χ0) is 15.2. The fraction of sp³-hybridized carbons (Fsp3) is 0.231. The predicted octanol–water partition coefficient (Wildman–Crippen LogP) is 0.630. The Bertz CT molecular complexity index is 819. The fourth-order valence-electron chi connectivity index (χ4n) is 2.59. The highest BCUT2D eigenvalue weighted by Crippen LogP contribution is 2.40. The predicted molar refractivity (Wildman–Crippen MR) is 82.2 cm³/mol. The molecule has 0 aliphatic carbocycles. The first-order valence-electron chi connectivity index (χ1n) is 6.36. The molecular weight excluding hydrogens is 290 g/mol. The molecule has 8 heteroatoms. The van der Waals surface area contributed by atoms with E-state index in [4.69, 9.17) is 11.5 Å². The Kier molecular flexibility index (Phi) is 2.98. The van der Waals surface area contributed by atoms with Crippen molar-refractivity contribution < 1.29 is 8.42 Å². The summed E-state index contributed by atoms with van der Waals surface area (Å²) in [6.45, 7) is 0.431. The Labute approximate surface area is 122 Å². The third kappa shape index (κ3) is 2.27. The summed E-state index contributed by atoms with van der Waals surface area (Å²) in [7, 11) is -3.34. The molecule has 1 aromatic carbocycles. The number of aromatic nitrogens is 2. The standard InChI is InChI=1S/C13H15N5O2S/c1-21(19,20)18-6-5-8-3-2-4-9(11(8)18)10-7-16-13(15)17-12(10)14/h2-4,7H,5-6H2,1H3,(H4,14,15,16,17). The molecule has 3 rings (SSSR count). The molecule has 1 aromatic heterocycles. The second-order valence-corrected chi connectivity index (χ2v) is 6.83. The van der Waals surface area contributed by atoms with Crippen LogP contribution in [-0.2, 0) is 16.4 Å². The first-order chi connectivity index (χ1) is 9.88. The van der Waals surface area contributed by atoms with Crippen LogP contribution in [0.15, 0.2) is 24.4 Å². The Morgan fingerprint density at radius 2 is 2.00 bits per heavy atom. The molecular formula is C13H15N5O2S. The van der Waals surface area contributed by atoms with Gasteiger partial charge < -0.3 is 11.5 Å². The molecule has 0 radical (unpaired) electrons. The van der Waals surface area contributed by atoms with Gasteiger partial charge in [-0.2, -0.15) is 4.98 Å². The van der Waals surface area contributed by atoms with Crippen molar-refractivity contribution in [3.05, 3.63) is 30.0 Å². The van der Waals surface area contributed by atoms with E-state index in [0.717, 1.165) is 5.56 Å². The van der Waals surface area contributed by atoms with Crippen LogP contribution in [0.25, 0.3) is 11.1 Å². The highest BCUT2D eigenvalue weighted by molar-refractivity contribution is 7.92. The van der Waals surface area contributed by atoms with Crippen molar-refractivity contribution in [2.75, 3.05) is 28.6 Å². The van der Waals surface area contributed by atoms with Gasteiger partial charge in [0.25, 0.3) is 0 Å². The lowest BCUT2D eigenvalue weighted by Gasteiger charge is -2.20. The minimum absolute atomic E-state index is 0.0868. The average Bonchev–Trinajstić information content (AvgIpc) is 2.82. The first kappa shape index (κ1) is 13.6. The lowest BCUT2D eigenvalue weighted by Crippen LogP contribution is -2.28. The minimum Gasteiger partial charge on any atom is -0.383 e. The molecule has 0 spiro atoms. The van der Waals surface area contributed by atoms with E-state index in [2.05, 4.69) is 9.97 Å². The normalized spacial score (nSPS) is 14.2. The topological polar surface area (TPSA) is 115 Å². The Balaban J connectivity index is 2.24.